The number of hydrogen-bond acceptors (Lipinski definition) is 1. The van der Waals surface area contributed by atoms with Gasteiger partial charge in [0.05, 0.1) is 13.2 Å². The van der Waals surface area contributed by atoms with E-state index < -0.39 is 0 Å². The van der Waals surface area contributed by atoms with Gasteiger partial charge in [0.1, 0.15) is 0 Å². The van der Waals surface area contributed by atoms with Crippen LogP contribution in [0.4, 0.5) is 0 Å². The van der Waals surface area contributed by atoms with Crippen LogP contribution in [0, 0.1) is 19.3 Å². The maximum Gasteiger partial charge on any atom is 0.0525 e. The predicted octanol–water partition coefficient (Wildman–Crippen LogP) is 8.25. The molecule has 0 amide bonds. The largest absolute Gasteiger partial charge is 0.381 e. The van der Waals surface area contributed by atoms with Gasteiger partial charge in [0.15, 0.2) is 0 Å². The van der Waals surface area contributed by atoms with E-state index in [1.807, 2.05) is 0 Å². The summed E-state index contributed by atoms with van der Waals surface area (Å²) in [6.45, 7) is 10.5. The molecule has 0 aliphatic carbocycles. The molecule has 0 N–H and O–H groups in total. The molecule has 2 unspecified atom stereocenters. The number of ether oxygens (including phenoxy) is 1. The zero-order valence-corrected chi connectivity index (χ0v) is 23.1. The highest BCUT2D eigenvalue weighted by atomic mass is 31.0. The van der Waals surface area contributed by atoms with Gasteiger partial charge >= 0.3 is 0 Å². The molecule has 3 rings (SSSR count). The summed E-state index contributed by atoms with van der Waals surface area (Å²) in [5.74, 6) is 0. The van der Waals surface area contributed by atoms with Gasteiger partial charge in [-0.1, -0.05) is 80.1 Å². The Morgan fingerprint density at radius 1 is 0.758 bits per heavy atom. The molecule has 3 aromatic carbocycles. The molecule has 0 aliphatic heterocycles. The van der Waals surface area contributed by atoms with E-state index in [0.717, 1.165) is 32.0 Å². The fraction of sp³-hybridized carbons (Fsp3) is 0.400. The Morgan fingerprint density at radius 3 is 1.88 bits per heavy atom. The number of benzene rings is 3. The van der Waals surface area contributed by atoms with Crippen molar-refractivity contribution in [2.45, 2.75) is 53.1 Å². The molecule has 0 radical (unpaired) electrons. The van der Waals surface area contributed by atoms with Gasteiger partial charge < -0.3 is 4.74 Å². The van der Waals surface area contributed by atoms with Crippen molar-refractivity contribution in [1.29, 1.82) is 0 Å². The van der Waals surface area contributed by atoms with Crippen LogP contribution in [-0.2, 0) is 17.3 Å². The van der Waals surface area contributed by atoms with Crippen molar-refractivity contribution in [3.63, 3.8) is 0 Å². The number of aryl methyl sites for hydroxylation is 2. The molecule has 0 fully saturated rings. The van der Waals surface area contributed by atoms with Crippen LogP contribution in [0.1, 0.15) is 48.9 Å². The first-order valence-electron chi connectivity index (χ1n) is 12.2. The van der Waals surface area contributed by atoms with Gasteiger partial charge in [0, 0.05) is 0 Å². The Balaban J connectivity index is 1.73. The van der Waals surface area contributed by atoms with Crippen LogP contribution < -0.4 is 0 Å². The van der Waals surface area contributed by atoms with Gasteiger partial charge in [-0.2, -0.15) is 0 Å². The fourth-order valence-electron chi connectivity index (χ4n) is 4.41. The van der Waals surface area contributed by atoms with E-state index in [-0.39, 0.29) is 0 Å². The summed E-state index contributed by atoms with van der Waals surface area (Å²) < 4.78 is 6.17. The lowest BCUT2D eigenvalue weighted by molar-refractivity contribution is 0.0526. The Morgan fingerprint density at radius 2 is 1.33 bits per heavy atom. The third kappa shape index (κ3) is 6.54. The lowest BCUT2D eigenvalue weighted by atomic mass is 9.85. The molecule has 1 nitrogen and oxygen atoms in total. The van der Waals surface area contributed by atoms with Crippen molar-refractivity contribution in [3.05, 3.63) is 82.9 Å². The van der Waals surface area contributed by atoms with Gasteiger partial charge in [-0.15, -0.1) is 18.5 Å². The molecule has 33 heavy (non-hydrogen) atoms. The third-order valence-corrected chi connectivity index (χ3v) is 8.51. The molecule has 0 aliphatic rings. The average molecular weight is 479 g/mol. The van der Waals surface area contributed by atoms with Gasteiger partial charge in [-0.25, -0.2) is 0 Å². The monoisotopic (exact) mass is 478 g/mol. The molecule has 3 heteroatoms. The van der Waals surface area contributed by atoms with Crippen LogP contribution in [0.2, 0.25) is 0 Å². The van der Waals surface area contributed by atoms with Crippen LogP contribution >= 0.6 is 18.5 Å². The summed E-state index contributed by atoms with van der Waals surface area (Å²) in [6.07, 6.45) is 5.37. The standard InChI is InChI=1S/C30H40OP2/c1-5-30(6-2,21-33)20-31-16-15-27-17-23(4)29(18-28(27)19-32)26-13-11-25(12-14-26)24-9-7-22(3)8-10-24/h7-14,17-18H,5-6,15-16,19-21,32-33H2,1-4H3. The van der Waals surface area contributed by atoms with Crippen LogP contribution in [-0.4, -0.2) is 19.4 Å². The minimum atomic E-state index is 0.304. The van der Waals surface area contributed by atoms with Gasteiger partial charge in [0.2, 0.25) is 0 Å². The Bertz CT molecular complexity index is 1010. The van der Waals surface area contributed by atoms with Crippen molar-refractivity contribution in [2.75, 3.05) is 19.4 Å². The van der Waals surface area contributed by atoms with E-state index in [9.17, 15) is 0 Å². The topological polar surface area (TPSA) is 9.23 Å². The SMILES string of the molecule is CCC(CC)(CP)COCCc1cc(C)c(-c2ccc(-c3ccc(C)cc3)cc2)cc1CP. The zero-order valence-electron chi connectivity index (χ0n) is 20.8. The van der Waals surface area contributed by atoms with Crippen LogP contribution in [0.15, 0.2) is 60.7 Å². The molecule has 3 aromatic rings. The predicted molar refractivity (Wildman–Crippen MR) is 152 cm³/mol. The van der Waals surface area contributed by atoms with Gasteiger partial charge in [0.25, 0.3) is 0 Å². The molecule has 0 spiro atoms. The summed E-state index contributed by atoms with van der Waals surface area (Å²) in [5, 5.41) is 0. The lowest BCUT2D eigenvalue weighted by Gasteiger charge is -2.30. The van der Waals surface area contributed by atoms with Crippen LogP contribution in [0.5, 0.6) is 0 Å². The maximum absolute atomic E-state index is 6.17. The zero-order chi connectivity index (χ0) is 23.8. The third-order valence-electron chi connectivity index (χ3n) is 7.20. The minimum Gasteiger partial charge on any atom is -0.381 e. The quantitative estimate of drug-likeness (QED) is 0.199. The molecule has 176 valence electrons. The van der Waals surface area contributed by atoms with Crippen molar-refractivity contribution in [3.8, 4) is 22.3 Å². The number of hydrogen-bond donors (Lipinski definition) is 0. The highest BCUT2D eigenvalue weighted by Crippen LogP contribution is 2.31. The minimum absolute atomic E-state index is 0.304. The fourth-order valence-corrected chi connectivity index (χ4v) is 5.48. The molecule has 2 atom stereocenters. The normalized spacial score (nSPS) is 11.7. The van der Waals surface area contributed by atoms with E-state index in [2.05, 4.69) is 107 Å². The Hall–Kier alpha value is -1.52. The van der Waals surface area contributed by atoms with Crippen molar-refractivity contribution in [2.24, 2.45) is 5.41 Å². The van der Waals surface area contributed by atoms with E-state index in [1.165, 1.54) is 57.3 Å². The van der Waals surface area contributed by atoms with Crippen molar-refractivity contribution < 1.29 is 4.74 Å². The average Bonchev–Trinajstić information content (AvgIpc) is 2.85. The summed E-state index contributed by atoms with van der Waals surface area (Å²) >= 11 is 0. The molecule has 0 bridgehead atoms. The first kappa shape index (κ1) is 26.1. The smallest absolute Gasteiger partial charge is 0.0525 e. The lowest BCUT2D eigenvalue weighted by Crippen LogP contribution is -2.27. The highest BCUT2D eigenvalue weighted by molar-refractivity contribution is 7.16. The summed E-state index contributed by atoms with van der Waals surface area (Å²) in [4.78, 5) is 0. The first-order valence-corrected chi connectivity index (χ1v) is 13.9. The summed E-state index contributed by atoms with van der Waals surface area (Å²) in [6, 6.07) is 22.5. The van der Waals surface area contributed by atoms with Gasteiger partial charge in [-0.05, 0) is 89.8 Å². The van der Waals surface area contributed by atoms with E-state index in [4.69, 9.17) is 4.74 Å². The van der Waals surface area contributed by atoms with Crippen molar-refractivity contribution >= 4 is 18.5 Å². The molecule has 0 saturated carbocycles. The number of rotatable bonds is 11. The second-order valence-electron chi connectivity index (χ2n) is 9.30. The Kier molecular flexibility index (Phi) is 9.69. The molecule has 0 aromatic heterocycles. The first-order chi connectivity index (χ1) is 15.9. The van der Waals surface area contributed by atoms with Gasteiger partial charge in [-0.3, -0.25) is 0 Å². The maximum atomic E-state index is 6.17. The molecule has 0 heterocycles. The molecular formula is C30H40OP2. The molecular weight excluding hydrogens is 438 g/mol. The summed E-state index contributed by atoms with van der Waals surface area (Å²) in [7, 11) is 5.82. The Labute approximate surface area is 206 Å². The van der Waals surface area contributed by atoms with E-state index >= 15 is 0 Å². The van der Waals surface area contributed by atoms with Crippen LogP contribution in [0.3, 0.4) is 0 Å². The highest BCUT2D eigenvalue weighted by Gasteiger charge is 2.24. The van der Waals surface area contributed by atoms with Crippen molar-refractivity contribution in [1.82, 2.24) is 0 Å². The second kappa shape index (κ2) is 12.3. The van der Waals surface area contributed by atoms with E-state index in [0.29, 0.717) is 5.41 Å². The second-order valence-corrected chi connectivity index (χ2v) is 10.1. The van der Waals surface area contributed by atoms with Crippen LogP contribution in [0.25, 0.3) is 22.3 Å². The van der Waals surface area contributed by atoms with E-state index in [1.54, 1.807) is 0 Å². The molecule has 0 saturated heterocycles. The summed E-state index contributed by atoms with van der Waals surface area (Å²) in [5.41, 5.74) is 10.9.